The molecule has 0 saturated carbocycles. The second kappa shape index (κ2) is 12.4. The van der Waals surface area contributed by atoms with E-state index in [-0.39, 0.29) is 18.0 Å². The average molecular weight is 605 g/mol. The average Bonchev–Trinajstić information content (AvgIpc) is 3.58. The number of carbonyl (C=O) groups is 2. The Hall–Kier alpha value is -4.09. The Labute approximate surface area is 248 Å². The highest BCUT2D eigenvalue weighted by Gasteiger charge is 2.27. The van der Waals surface area contributed by atoms with E-state index in [0.29, 0.717) is 52.7 Å². The topological polar surface area (TPSA) is 122 Å². The number of carbonyl (C=O) groups excluding carboxylic acids is 1. The number of aromatic nitrogens is 3. The fraction of sp³-hybridized carbons (Fsp3) is 0.290. The molecule has 0 spiro atoms. The predicted molar refractivity (Wildman–Crippen MR) is 167 cm³/mol. The summed E-state index contributed by atoms with van der Waals surface area (Å²) in [4.78, 5) is 24.2. The molecule has 2 heterocycles. The van der Waals surface area contributed by atoms with Crippen molar-refractivity contribution in [2.75, 3.05) is 16.6 Å². The summed E-state index contributed by atoms with van der Waals surface area (Å²) in [5.74, 6) is -1.07. The van der Waals surface area contributed by atoms with Crippen LogP contribution in [0.15, 0.2) is 60.7 Å². The molecular weight excluding hydrogens is 572 g/mol. The number of unbranched alkanes of at least 4 members (excludes halogenated alkanes) is 2. The molecule has 0 amide bonds. The first kappa shape index (κ1) is 29.4. The third-order valence-corrected chi connectivity index (χ3v) is 9.76. The van der Waals surface area contributed by atoms with E-state index in [1.165, 1.54) is 4.31 Å². The Morgan fingerprint density at radius 2 is 1.71 bits per heavy atom. The molecule has 2 aromatic heterocycles. The summed E-state index contributed by atoms with van der Waals surface area (Å²) in [7, 11) is -3.59. The van der Waals surface area contributed by atoms with Crippen molar-refractivity contribution >= 4 is 61.6 Å². The van der Waals surface area contributed by atoms with Gasteiger partial charge in [0.2, 0.25) is 10.0 Å². The minimum absolute atomic E-state index is 0.0423. The number of nitrogens with zero attached hydrogens (tertiary/aromatic N) is 4. The van der Waals surface area contributed by atoms with Gasteiger partial charge in [-0.25, -0.2) is 13.2 Å². The molecule has 5 rings (SSSR count). The predicted octanol–water partition coefficient (Wildman–Crippen LogP) is 6.61. The van der Waals surface area contributed by atoms with Crippen molar-refractivity contribution in [3.63, 3.8) is 0 Å². The Balaban J connectivity index is 1.74. The standard InChI is InChI=1S/C31H32N4O5S2/c1-3-5-15-35(42(39,40)16-6-4-2)24-12-14-28-25(18-24)29(23-10-7-21(20-36)8-11-23)30(31(37)38)34(28)19-22-9-13-26-27(17-22)33-41-32-26/h7-14,17-18,20H,3-6,15-16,19H2,1-2H3,(H,37,38). The number of rotatable bonds is 13. The van der Waals surface area contributed by atoms with Crippen LogP contribution in [0.25, 0.3) is 33.1 Å². The number of anilines is 1. The van der Waals surface area contributed by atoms with E-state index in [1.54, 1.807) is 47.0 Å². The van der Waals surface area contributed by atoms with Gasteiger partial charge in [-0.2, -0.15) is 8.75 Å². The highest BCUT2D eigenvalue weighted by Crippen LogP contribution is 2.38. The summed E-state index contributed by atoms with van der Waals surface area (Å²) in [6, 6.07) is 17.8. The molecule has 1 N–H and O–H groups in total. The largest absolute Gasteiger partial charge is 0.477 e. The minimum Gasteiger partial charge on any atom is -0.477 e. The first-order chi connectivity index (χ1) is 20.3. The summed E-state index contributed by atoms with van der Waals surface area (Å²) < 4.78 is 38.7. The van der Waals surface area contributed by atoms with Crippen LogP contribution in [0.3, 0.4) is 0 Å². The van der Waals surface area contributed by atoms with Crippen molar-refractivity contribution in [1.29, 1.82) is 0 Å². The van der Waals surface area contributed by atoms with Gasteiger partial charge in [-0.1, -0.05) is 57.0 Å². The minimum atomic E-state index is -3.59. The lowest BCUT2D eigenvalue weighted by molar-refractivity contribution is 0.0687. The zero-order chi connectivity index (χ0) is 29.9. The smallest absolute Gasteiger partial charge is 0.353 e. The molecule has 0 radical (unpaired) electrons. The number of hydrogen-bond acceptors (Lipinski definition) is 7. The number of aromatic carboxylic acids is 1. The van der Waals surface area contributed by atoms with Gasteiger partial charge < -0.3 is 9.67 Å². The van der Waals surface area contributed by atoms with Crippen molar-refractivity contribution in [2.24, 2.45) is 0 Å². The number of benzene rings is 3. The maximum Gasteiger partial charge on any atom is 0.353 e. The molecule has 0 saturated heterocycles. The highest BCUT2D eigenvalue weighted by molar-refractivity contribution is 7.92. The van der Waals surface area contributed by atoms with Gasteiger partial charge in [-0.05, 0) is 54.3 Å². The quantitative estimate of drug-likeness (QED) is 0.150. The maximum absolute atomic E-state index is 13.4. The molecule has 0 aliphatic rings. The lowest BCUT2D eigenvalue weighted by Crippen LogP contribution is -2.34. The van der Waals surface area contributed by atoms with E-state index in [1.807, 2.05) is 32.0 Å². The summed E-state index contributed by atoms with van der Waals surface area (Å²) >= 11 is 1.12. The molecule has 218 valence electrons. The Bertz CT molecular complexity index is 1860. The third-order valence-electron chi connectivity index (χ3n) is 7.34. The van der Waals surface area contributed by atoms with Crippen LogP contribution in [0.5, 0.6) is 0 Å². The van der Waals surface area contributed by atoms with Gasteiger partial charge in [0.15, 0.2) is 0 Å². The van der Waals surface area contributed by atoms with E-state index < -0.39 is 16.0 Å². The van der Waals surface area contributed by atoms with Gasteiger partial charge in [0.1, 0.15) is 23.0 Å². The van der Waals surface area contributed by atoms with Gasteiger partial charge in [-0.15, -0.1) is 0 Å². The van der Waals surface area contributed by atoms with Crippen LogP contribution in [0.4, 0.5) is 5.69 Å². The first-order valence-corrected chi connectivity index (χ1v) is 16.3. The normalized spacial score (nSPS) is 11.8. The molecule has 0 fully saturated rings. The van der Waals surface area contributed by atoms with Crippen molar-refractivity contribution in [1.82, 2.24) is 13.3 Å². The van der Waals surface area contributed by atoms with E-state index in [2.05, 4.69) is 8.75 Å². The van der Waals surface area contributed by atoms with E-state index >= 15 is 0 Å². The number of sulfonamides is 1. The molecular formula is C31H32N4O5S2. The molecule has 0 unspecified atom stereocenters. The van der Waals surface area contributed by atoms with Gasteiger partial charge in [-0.3, -0.25) is 9.10 Å². The third kappa shape index (κ3) is 5.79. The summed E-state index contributed by atoms with van der Waals surface area (Å²) in [6.45, 7) is 4.57. The van der Waals surface area contributed by atoms with Crippen LogP contribution in [-0.4, -0.2) is 51.4 Å². The fourth-order valence-electron chi connectivity index (χ4n) is 5.18. The van der Waals surface area contributed by atoms with E-state index in [4.69, 9.17) is 0 Å². The zero-order valence-corrected chi connectivity index (χ0v) is 25.1. The van der Waals surface area contributed by atoms with Crippen LogP contribution in [0, 0.1) is 0 Å². The van der Waals surface area contributed by atoms with Crippen LogP contribution >= 0.6 is 11.7 Å². The molecule has 0 aliphatic carbocycles. The lowest BCUT2D eigenvalue weighted by atomic mass is 10.00. The highest BCUT2D eigenvalue weighted by atomic mass is 32.2. The molecule has 0 aliphatic heterocycles. The van der Waals surface area contributed by atoms with Gasteiger partial charge in [0.25, 0.3) is 0 Å². The molecule has 5 aromatic rings. The zero-order valence-electron chi connectivity index (χ0n) is 23.5. The summed E-state index contributed by atoms with van der Waals surface area (Å²) in [5, 5.41) is 11.2. The Morgan fingerprint density at radius 3 is 2.40 bits per heavy atom. The van der Waals surface area contributed by atoms with Crippen LogP contribution in [0.2, 0.25) is 0 Å². The van der Waals surface area contributed by atoms with Gasteiger partial charge >= 0.3 is 5.97 Å². The van der Waals surface area contributed by atoms with Gasteiger partial charge in [0.05, 0.1) is 23.2 Å². The number of aldehydes is 1. The lowest BCUT2D eigenvalue weighted by Gasteiger charge is -2.24. The molecule has 0 atom stereocenters. The van der Waals surface area contributed by atoms with E-state index in [0.717, 1.165) is 47.5 Å². The maximum atomic E-state index is 13.4. The van der Waals surface area contributed by atoms with Crippen molar-refractivity contribution in [3.8, 4) is 11.1 Å². The molecule has 42 heavy (non-hydrogen) atoms. The number of carboxylic acid groups (broad SMARTS) is 1. The van der Waals surface area contributed by atoms with Crippen LogP contribution in [-0.2, 0) is 16.6 Å². The molecule has 3 aromatic carbocycles. The van der Waals surface area contributed by atoms with Crippen molar-refractivity contribution < 1.29 is 23.1 Å². The van der Waals surface area contributed by atoms with Crippen molar-refractivity contribution in [2.45, 2.75) is 46.1 Å². The van der Waals surface area contributed by atoms with Crippen molar-refractivity contribution in [3.05, 3.63) is 77.5 Å². The van der Waals surface area contributed by atoms with Gasteiger partial charge in [0, 0.05) is 35.1 Å². The SMILES string of the molecule is CCCCN(c1ccc2c(c1)c(-c1ccc(C=O)cc1)c(C(=O)O)n2Cc1ccc2nsnc2c1)S(=O)(=O)CCCC. The summed E-state index contributed by atoms with van der Waals surface area (Å²) in [6.07, 6.45) is 3.57. The second-order valence-electron chi connectivity index (χ2n) is 10.2. The molecule has 9 nitrogen and oxygen atoms in total. The van der Waals surface area contributed by atoms with E-state index in [9.17, 15) is 23.1 Å². The summed E-state index contributed by atoms with van der Waals surface area (Å²) in [5.41, 5.74) is 5.16. The number of carboxylic acids is 1. The number of fused-ring (bicyclic) bond motifs is 2. The number of hydrogen-bond donors (Lipinski definition) is 1. The van der Waals surface area contributed by atoms with Crippen LogP contribution < -0.4 is 4.31 Å². The van der Waals surface area contributed by atoms with Crippen LogP contribution in [0.1, 0.15) is 65.9 Å². The Kier molecular flexibility index (Phi) is 8.69. The fourth-order valence-corrected chi connectivity index (χ4v) is 7.41. The monoisotopic (exact) mass is 604 g/mol. The second-order valence-corrected chi connectivity index (χ2v) is 12.8. The molecule has 0 bridgehead atoms. The molecule has 11 heteroatoms. The Morgan fingerprint density at radius 1 is 0.976 bits per heavy atom. The first-order valence-electron chi connectivity index (χ1n) is 13.9.